The number of nitrogens with one attached hydrogen (secondary N) is 1. The number of aromatic hydroxyl groups is 1. The van der Waals surface area contributed by atoms with Gasteiger partial charge in [0.15, 0.2) is 5.82 Å². The van der Waals surface area contributed by atoms with Gasteiger partial charge in [0.1, 0.15) is 23.1 Å². The number of halogens is 3. The maximum atomic E-state index is 16.3. The lowest BCUT2D eigenvalue weighted by Gasteiger charge is -2.34. The van der Waals surface area contributed by atoms with Crippen LogP contribution in [-0.4, -0.2) is 40.2 Å². The number of phenolic OH excluding ortho intramolecular Hbond substituents is 1. The number of nitrogens with zero attached hydrogens (tertiary/aromatic N) is 3. The number of pyridine rings is 2. The summed E-state index contributed by atoms with van der Waals surface area (Å²) in [6.07, 6.45) is 9.35. The van der Waals surface area contributed by atoms with E-state index in [0.29, 0.717) is 39.8 Å². The molecule has 0 amide bonds. The van der Waals surface area contributed by atoms with Crippen molar-refractivity contribution < 1.29 is 13.9 Å². The minimum absolute atomic E-state index is 0.0206. The van der Waals surface area contributed by atoms with E-state index >= 15 is 4.39 Å². The molecule has 4 heterocycles. The van der Waals surface area contributed by atoms with E-state index in [-0.39, 0.29) is 33.0 Å². The van der Waals surface area contributed by atoms with Crippen LogP contribution >= 0.6 is 11.6 Å². The molecular weight excluding hydrogens is 470 g/mol. The second kappa shape index (κ2) is 8.04. The Hall–Kier alpha value is -3.47. The first-order chi connectivity index (χ1) is 16.9. The zero-order chi connectivity index (χ0) is 24.4. The molecule has 2 unspecified atom stereocenters. The van der Waals surface area contributed by atoms with E-state index in [1.807, 2.05) is 0 Å². The molecule has 4 aromatic rings. The molecule has 176 valence electrons. The standard InChI is InChI=1S/C27H21ClF2N4O/c1-3-18-21(29)7-4-14-8-17(35)9-19(22(14)18)26-25(30)23-20(10-31-26)27(32-13(2)24(23)28)34-11-15-5-6-16(12-34)33-15/h1,4,7-10,15-16,33,35H,5-6,11-12H2,2H3. The topological polar surface area (TPSA) is 61.3 Å². The van der Waals surface area contributed by atoms with Gasteiger partial charge in [0.2, 0.25) is 0 Å². The molecule has 2 N–H and O–H groups in total. The van der Waals surface area contributed by atoms with E-state index in [2.05, 4.69) is 21.1 Å². The number of anilines is 1. The van der Waals surface area contributed by atoms with Crippen molar-refractivity contribution in [1.29, 1.82) is 0 Å². The number of piperazine rings is 1. The van der Waals surface area contributed by atoms with E-state index in [4.69, 9.17) is 23.0 Å². The SMILES string of the molecule is C#Cc1c(F)ccc2cc(O)cc(-c3ncc4c(N5CC6CCC(C5)N6)nc(C)c(Cl)c4c3F)c12. The lowest BCUT2D eigenvalue weighted by Crippen LogP contribution is -2.51. The number of hydrogen-bond donors (Lipinski definition) is 2. The van der Waals surface area contributed by atoms with Crippen molar-refractivity contribution in [2.24, 2.45) is 0 Å². The van der Waals surface area contributed by atoms with Gasteiger partial charge < -0.3 is 15.3 Å². The Morgan fingerprint density at radius 1 is 1.17 bits per heavy atom. The minimum atomic E-state index is -0.670. The summed E-state index contributed by atoms with van der Waals surface area (Å²) in [4.78, 5) is 11.3. The third-order valence-corrected chi connectivity index (χ3v) is 7.50. The lowest BCUT2D eigenvalue weighted by atomic mass is 9.95. The van der Waals surface area contributed by atoms with Crippen molar-refractivity contribution in [2.45, 2.75) is 31.8 Å². The summed E-state index contributed by atoms with van der Waals surface area (Å²) < 4.78 is 30.8. The van der Waals surface area contributed by atoms with Crippen molar-refractivity contribution >= 4 is 39.0 Å². The summed E-state index contributed by atoms with van der Waals surface area (Å²) in [6.45, 7) is 3.28. The van der Waals surface area contributed by atoms with Crippen molar-refractivity contribution in [3.63, 3.8) is 0 Å². The highest BCUT2D eigenvalue weighted by Gasteiger charge is 2.34. The van der Waals surface area contributed by atoms with Crippen LogP contribution in [0.1, 0.15) is 24.1 Å². The van der Waals surface area contributed by atoms with Crippen molar-refractivity contribution in [3.8, 4) is 29.4 Å². The highest BCUT2D eigenvalue weighted by Crippen LogP contribution is 2.41. The van der Waals surface area contributed by atoms with E-state index in [0.717, 1.165) is 25.9 Å². The fourth-order valence-corrected chi connectivity index (χ4v) is 5.70. The normalized spacial score (nSPS) is 19.5. The Morgan fingerprint density at radius 3 is 2.63 bits per heavy atom. The van der Waals surface area contributed by atoms with Gasteiger partial charge in [-0.3, -0.25) is 4.98 Å². The number of aromatic nitrogens is 2. The van der Waals surface area contributed by atoms with E-state index < -0.39 is 11.6 Å². The van der Waals surface area contributed by atoms with Crippen molar-refractivity contribution in [2.75, 3.05) is 18.0 Å². The van der Waals surface area contributed by atoms with Crippen molar-refractivity contribution in [3.05, 3.63) is 58.4 Å². The van der Waals surface area contributed by atoms with Crippen LogP contribution in [0.5, 0.6) is 5.75 Å². The van der Waals surface area contributed by atoms with Crippen LogP contribution in [0.4, 0.5) is 14.6 Å². The molecular formula is C27H21ClF2N4O. The Morgan fingerprint density at radius 2 is 1.91 bits per heavy atom. The molecule has 0 saturated carbocycles. The molecule has 8 heteroatoms. The average molecular weight is 491 g/mol. The Bertz CT molecular complexity index is 1570. The molecule has 0 aliphatic carbocycles. The van der Waals surface area contributed by atoms with E-state index in [1.54, 1.807) is 13.1 Å². The van der Waals surface area contributed by atoms with E-state index in [9.17, 15) is 9.50 Å². The van der Waals surface area contributed by atoms with Crippen LogP contribution in [0.3, 0.4) is 0 Å². The van der Waals surface area contributed by atoms with Gasteiger partial charge in [-0.15, -0.1) is 6.42 Å². The Kier molecular flexibility index (Phi) is 5.06. The fraction of sp³-hybridized carbons (Fsp3) is 0.259. The summed E-state index contributed by atoms with van der Waals surface area (Å²) in [6, 6.07) is 6.26. The average Bonchev–Trinajstić information content (AvgIpc) is 3.18. The number of hydrogen-bond acceptors (Lipinski definition) is 5. The smallest absolute Gasteiger partial charge is 0.159 e. The minimum Gasteiger partial charge on any atom is -0.508 e. The molecule has 0 spiro atoms. The maximum Gasteiger partial charge on any atom is 0.159 e. The molecule has 35 heavy (non-hydrogen) atoms. The number of phenols is 1. The first kappa shape index (κ1) is 22.0. The zero-order valence-corrected chi connectivity index (χ0v) is 19.6. The molecule has 0 radical (unpaired) electrons. The summed E-state index contributed by atoms with van der Waals surface area (Å²) in [5, 5.41) is 15.6. The molecule has 2 aromatic heterocycles. The van der Waals surface area contributed by atoms with Crippen LogP contribution in [0.15, 0.2) is 30.5 Å². The zero-order valence-electron chi connectivity index (χ0n) is 18.9. The summed E-state index contributed by atoms with van der Waals surface area (Å²) >= 11 is 6.60. The van der Waals surface area contributed by atoms with Crippen LogP contribution in [0.25, 0.3) is 32.8 Å². The van der Waals surface area contributed by atoms with Crippen LogP contribution in [0, 0.1) is 30.9 Å². The molecule has 6 rings (SSSR count). The van der Waals surface area contributed by atoms with Gasteiger partial charge in [-0.2, -0.15) is 0 Å². The molecule has 2 aromatic carbocycles. The highest BCUT2D eigenvalue weighted by molar-refractivity contribution is 6.36. The van der Waals surface area contributed by atoms with Gasteiger partial charge in [-0.25, -0.2) is 13.8 Å². The molecule has 2 aliphatic heterocycles. The molecule has 2 bridgehead atoms. The van der Waals surface area contributed by atoms with Gasteiger partial charge in [-0.05, 0) is 43.4 Å². The number of rotatable bonds is 2. The largest absolute Gasteiger partial charge is 0.508 e. The van der Waals surface area contributed by atoms with E-state index in [1.165, 1.54) is 24.3 Å². The fourth-order valence-electron chi connectivity index (χ4n) is 5.47. The van der Waals surface area contributed by atoms with Gasteiger partial charge in [0, 0.05) is 53.1 Å². The maximum absolute atomic E-state index is 16.3. The molecule has 2 saturated heterocycles. The third-order valence-electron chi connectivity index (χ3n) is 7.04. The molecule has 2 fully saturated rings. The van der Waals surface area contributed by atoms with Crippen LogP contribution < -0.4 is 10.2 Å². The second-order valence-electron chi connectivity index (χ2n) is 9.25. The van der Waals surface area contributed by atoms with Crippen LogP contribution in [-0.2, 0) is 0 Å². The van der Waals surface area contributed by atoms with Gasteiger partial charge >= 0.3 is 0 Å². The second-order valence-corrected chi connectivity index (χ2v) is 9.62. The quantitative estimate of drug-likeness (QED) is 0.372. The number of fused-ring (bicyclic) bond motifs is 4. The summed E-state index contributed by atoms with van der Waals surface area (Å²) in [7, 11) is 0. The summed E-state index contributed by atoms with van der Waals surface area (Å²) in [5.41, 5.74) is 0.610. The first-order valence-electron chi connectivity index (χ1n) is 11.4. The predicted molar refractivity (Wildman–Crippen MR) is 134 cm³/mol. The lowest BCUT2D eigenvalue weighted by molar-refractivity contribution is 0.464. The highest BCUT2D eigenvalue weighted by atomic mass is 35.5. The molecule has 2 atom stereocenters. The molecule has 2 aliphatic rings. The van der Waals surface area contributed by atoms with Crippen molar-refractivity contribution in [1.82, 2.24) is 15.3 Å². The van der Waals surface area contributed by atoms with Crippen LogP contribution in [0.2, 0.25) is 5.02 Å². The third kappa shape index (κ3) is 3.40. The Labute approximate surface area is 205 Å². The monoisotopic (exact) mass is 490 g/mol. The predicted octanol–water partition coefficient (Wildman–Crippen LogP) is 5.32. The number of aryl methyl sites for hydroxylation is 1. The number of benzene rings is 2. The molecule has 5 nitrogen and oxygen atoms in total. The van der Waals surface area contributed by atoms with Gasteiger partial charge in [0.05, 0.1) is 16.3 Å². The first-order valence-corrected chi connectivity index (χ1v) is 11.8. The van der Waals surface area contributed by atoms with Gasteiger partial charge in [0.25, 0.3) is 0 Å². The Balaban J connectivity index is 1.62. The summed E-state index contributed by atoms with van der Waals surface area (Å²) in [5.74, 6) is 1.61. The number of terminal acetylenes is 1. The van der Waals surface area contributed by atoms with Gasteiger partial charge in [-0.1, -0.05) is 23.6 Å².